The lowest BCUT2D eigenvalue weighted by Crippen LogP contribution is -2.53. The summed E-state index contributed by atoms with van der Waals surface area (Å²) in [4.78, 5) is 11.9. The molecule has 0 bridgehead atoms. The molecule has 1 aromatic heterocycles. The van der Waals surface area contributed by atoms with Crippen molar-refractivity contribution in [1.82, 2.24) is 15.1 Å². The molecular weight excluding hydrogens is 345 g/mol. The second-order valence-electron chi connectivity index (χ2n) is 4.79. The summed E-state index contributed by atoms with van der Waals surface area (Å²) in [6.45, 7) is 6.57. The van der Waals surface area contributed by atoms with Crippen LogP contribution in [0.5, 0.6) is 0 Å². The Kier molecular flexibility index (Phi) is 5.58. The van der Waals surface area contributed by atoms with Crippen molar-refractivity contribution in [2.45, 2.75) is 45.3 Å². The summed E-state index contributed by atoms with van der Waals surface area (Å²) >= 11 is 2.21. The van der Waals surface area contributed by atoms with E-state index in [1.807, 2.05) is 31.6 Å². The fourth-order valence-electron chi connectivity index (χ4n) is 1.89. The van der Waals surface area contributed by atoms with Gasteiger partial charge in [0, 0.05) is 18.8 Å². The Hall–Kier alpha value is -0.630. The number of ether oxygens (including phenoxy) is 1. The summed E-state index contributed by atoms with van der Waals surface area (Å²) in [5.41, 5.74) is -0.680. The Labute approximate surface area is 121 Å². The fourth-order valence-corrected chi connectivity index (χ4v) is 2.34. The molecule has 102 valence electrons. The molecular formula is C12H20IN3O2. The zero-order chi connectivity index (χ0) is 13.8. The van der Waals surface area contributed by atoms with E-state index in [4.69, 9.17) is 4.74 Å². The number of halogens is 1. The normalized spacial score (nSPS) is 14.6. The Balaban J connectivity index is 2.69. The quantitative estimate of drug-likeness (QED) is 0.617. The summed E-state index contributed by atoms with van der Waals surface area (Å²) < 4.78 is 7.80. The van der Waals surface area contributed by atoms with Gasteiger partial charge in [-0.15, -0.1) is 0 Å². The maximum atomic E-state index is 11.9. The molecule has 1 unspecified atom stereocenters. The highest BCUT2D eigenvalue weighted by atomic mass is 127. The van der Waals surface area contributed by atoms with Gasteiger partial charge in [0.05, 0.1) is 16.9 Å². The molecule has 1 N–H and O–H groups in total. The lowest BCUT2D eigenvalue weighted by Gasteiger charge is -2.30. The Bertz CT molecular complexity index is 406. The van der Waals surface area contributed by atoms with Crippen LogP contribution in [0.15, 0.2) is 12.4 Å². The van der Waals surface area contributed by atoms with Crippen molar-refractivity contribution in [1.29, 1.82) is 0 Å². The summed E-state index contributed by atoms with van der Waals surface area (Å²) in [6.07, 6.45) is 4.38. The van der Waals surface area contributed by atoms with Gasteiger partial charge < -0.3 is 4.74 Å². The van der Waals surface area contributed by atoms with Gasteiger partial charge in [0.25, 0.3) is 0 Å². The number of hydrogen-bond donors (Lipinski definition) is 1. The number of carbonyl (C=O) groups excluding carboxylic acids is 1. The Morgan fingerprint density at radius 1 is 1.67 bits per heavy atom. The van der Waals surface area contributed by atoms with Crippen LogP contribution in [0.2, 0.25) is 0 Å². The average Bonchev–Trinajstić information content (AvgIpc) is 2.70. The maximum Gasteiger partial charge on any atom is 0.325 e. The number of esters is 1. The zero-order valence-corrected chi connectivity index (χ0v) is 13.4. The number of hydrogen-bond acceptors (Lipinski definition) is 4. The third-order valence-corrected chi connectivity index (χ3v) is 3.24. The summed E-state index contributed by atoms with van der Waals surface area (Å²) in [5.74, 6) is -0.238. The molecule has 1 rings (SSSR count). The predicted molar refractivity (Wildman–Crippen MR) is 78.3 cm³/mol. The molecule has 0 fully saturated rings. The number of nitrogens with one attached hydrogen (secondary N) is 1. The van der Waals surface area contributed by atoms with E-state index in [-0.39, 0.29) is 12.0 Å². The third-order valence-electron chi connectivity index (χ3n) is 2.69. The number of nitrogens with zero attached hydrogens (tertiary/aromatic N) is 2. The highest BCUT2D eigenvalue weighted by Gasteiger charge is 2.34. The van der Waals surface area contributed by atoms with Crippen molar-refractivity contribution in [2.24, 2.45) is 0 Å². The van der Waals surface area contributed by atoms with E-state index >= 15 is 0 Å². The van der Waals surface area contributed by atoms with E-state index in [9.17, 15) is 4.79 Å². The molecule has 0 aliphatic heterocycles. The smallest absolute Gasteiger partial charge is 0.325 e. The second-order valence-corrected chi connectivity index (χ2v) is 6.04. The molecule has 0 spiro atoms. The number of aryl methyl sites for hydroxylation is 1. The van der Waals surface area contributed by atoms with E-state index in [0.717, 1.165) is 3.57 Å². The van der Waals surface area contributed by atoms with E-state index < -0.39 is 5.54 Å². The first-order valence-electron chi connectivity index (χ1n) is 5.91. The monoisotopic (exact) mass is 365 g/mol. The second kappa shape index (κ2) is 6.51. The van der Waals surface area contributed by atoms with Gasteiger partial charge in [0.2, 0.25) is 0 Å². The molecule has 5 nitrogen and oxygen atoms in total. The molecule has 6 heteroatoms. The highest BCUT2D eigenvalue weighted by Crippen LogP contribution is 2.15. The minimum atomic E-state index is -0.680. The van der Waals surface area contributed by atoms with Crippen LogP contribution >= 0.6 is 22.6 Å². The van der Waals surface area contributed by atoms with Crippen molar-refractivity contribution in [3.05, 3.63) is 16.0 Å². The van der Waals surface area contributed by atoms with Crippen LogP contribution in [-0.4, -0.2) is 34.4 Å². The van der Waals surface area contributed by atoms with Crippen molar-refractivity contribution < 1.29 is 9.53 Å². The van der Waals surface area contributed by atoms with Crippen LogP contribution in [0.1, 0.15) is 27.2 Å². The largest absolute Gasteiger partial charge is 0.468 e. The first kappa shape index (κ1) is 15.4. The third kappa shape index (κ3) is 4.24. The van der Waals surface area contributed by atoms with Gasteiger partial charge in [-0.3, -0.25) is 14.8 Å². The van der Waals surface area contributed by atoms with E-state index in [0.29, 0.717) is 13.0 Å². The Morgan fingerprint density at radius 3 is 2.78 bits per heavy atom. The number of methoxy groups -OCH3 is 1. The first-order valence-corrected chi connectivity index (χ1v) is 6.99. The molecule has 1 aromatic rings. The molecule has 0 aromatic carbocycles. The molecule has 0 amide bonds. The van der Waals surface area contributed by atoms with E-state index in [1.165, 1.54) is 7.11 Å². The molecule has 0 saturated carbocycles. The fraction of sp³-hybridized carbons (Fsp3) is 0.667. The van der Waals surface area contributed by atoms with E-state index in [2.05, 4.69) is 33.0 Å². The van der Waals surface area contributed by atoms with Crippen LogP contribution in [0, 0.1) is 3.57 Å². The zero-order valence-electron chi connectivity index (χ0n) is 11.2. The van der Waals surface area contributed by atoms with E-state index in [1.54, 1.807) is 6.20 Å². The average molecular weight is 365 g/mol. The van der Waals surface area contributed by atoms with Crippen LogP contribution in [0.3, 0.4) is 0 Å². The minimum Gasteiger partial charge on any atom is -0.468 e. The van der Waals surface area contributed by atoms with Crippen molar-refractivity contribution in [3.63, 3.8) is 0 Å². The van der Waals surface area contributed by atoms with Gasteiger partial charge in [-0.25, -0.2) is 0 Å². The van der Waals surface area contributed by atoms with Gasteiger partial charge in [-0.05, 0) is 49.8 Å². The van der Waals surface area contributed by atoms with Crippen LogP contribution in [0.4, 0.5) is 0 Å². The highest BCUT2D eigenvalue weighted by molar-refractivity contribution is 14.1. The number of rotatable bonds is 6. The maximum absolute atomic E-state index is 11.9. The first-order chi connectivity index (χ1) is 8.37. The predicted octanol–water partition coefficient (Wildman–Crippen LogP) is 1.81. The molecule has 1 heterocycles. The number of aromatic nitrogens is 2. The number of carbonyl (C=O) groups is 1. The topological polar surface area (TPSA) is 56.2 Å². The van der Waals surface area contributed by atoms with Crippen LogP contribution < -0.4 is 5.32 Å². The Morgan fingerprint density at radius 2 is 2.33 bits per heavy atom. The SMILES string of the molecule is COC(=O)C(C)(CCn1cc(I)cn1)NC(C)C. The molecule has 0 saturated heterocycles. The summed E-state index contributed by atoms with van der Waals surface area (Å²) in [6, 6.07) is 0.215. The van der Waals surface area contributed by atoms with Crippen molar-refractivity contribution in [3.8, 4) is 0 Å². The van der Waals surface area contributed by atoms with Crippen molar-refractivity contribution in [2.75, 3.05) is 7.11 Å². The molecule has 0 aliphatic rings. The summed E-state index contributed by atoms with van der Waals surface area (Å²) in [7, 11) is 1.42. The summed E-state index contributed by atoms with van der Waals surface area (Å²) in [5, 5.41) is 7.48. The van der Waals surface area contributed by atoms with Gasteiger partial charge in [-0.2, -0.15) is 5.10 Å². The van der Waals surface area contributed by atoms with Gasteiger partial charge in [0.1, 0.15) is 5.54 Å². The lowest BCUT2D eigenvalue weighted by atomic mass is 9.97. The molecule has 18 heavy (non-hydrogen) atoms. The van der Waals surface area contributed by atoms with Crippen LogP contribution in [0.25, 0.3) is 0 Å². The van der Waals surface area contributed by atoms with Crippen molar-refractivity contribution >= 4 is 28.6 Å². The standard InChI is InChI=1S/C12H20IN3O2/c1-9(2)15-12(3,11(17)18-4)5-6-16-8-10(13)7-14-16/h7-9,15H,5-6H2,1-4H3. The van der Waals surface area contributed by atoms with Gasteiger partial charge >= 0.3 is 5.97 Å². The minimum absolute atomic E-state index is 0.215. The molecule has 0 aliphatic carbocycles. The molecule has 0 radical (unpaired) electrons. The van der Waals surface area contributed by atoms with Gasteiger partial charge in [0.15, 0.2) is 0 Å². The van der Waals surface area contributed by atoms with Crippen LogP contribution in [-0.2, 0) is 16.1 Å². The lowest BCUT2D eigenvalue weighted by molar-refractivity contribution is -0.148. The van der Waals surface area contributed by atoms with Gasteiger partial charge in [-0.1, -0.05) is 0 Å². The molecule has 1 atom stereocenters.